The van der Waals surface area contributed by atoms with Gasteiger partial charge in [0.1, 0.15) is 0 Å². The van der Waals surface area contributed by atoms with E-state index in [1.807, 2.05) is 0 Å². The van der Waals surface area contributed by atoms with E-state index in [0.717, 1.165) is 11.8 Å². The summed E-state index contributed by atoms with van der Waals surface area (Å²) >= 11 is 0. The molecule has 20 heavy (non-hydrogen) atoms. The van der Waals surface area contributed by atoms with Gasteiger partial charge in [0.2, 0.25) is 0 Å². The van der Waals surface area contributed by atoms with E-state index in [1.165, 1.54) is 55.1 Å². The van der Waals surface area contributed by atoms with E-state index in [-0.39, 0.29) is 0 Å². The molecule has 1 saturated heterocycles. The smallest absolute Gasteiger partial charge is 0.0459 e. The van der Waals surface area contributed by atoms with E-state index in [9.17, 15) is 0 Å². The van der Waals surface area contributed by atoms with Crippen LogP contribution in [-0.4, -0.2) is 17.6 Å². The lowest BCUT2D eigenvalue weighted by atomic mass is 9.72. The van der Waals surface area contributed by atoms with Gasteiger partial charge < -0.3 is 10.3 Å². The first-order chi connectivity index (χ1) is 9.86. The number of benzene rings is 1. The predicted octanol–water partition coefficient (Wildman–Crippen LogP) is 3.98. The SMILES string of the molecule is CCCCC1CN[C@@H]2Cc3c[nH]c4cccc(c34)[C@H]2C1. The van der Waals surface area contributed by atoms with Crippen LogP contribution in [0.3, 0.4) is 0 Å². The maximum Gasteiger partial charge on any atom is 0.0459 e. The predicted molar refractivity (Wildman–Crippen MR) is 84.2 cm³/mol. The Labute approximate surface area is 121 Å². The van der Waals surface area contributed by atoms with Crippen molar-refractivity contribution in [3.8, 4) is 0 Å². The third-order valence-corrected chi connectivity index (χ3v) is 5.37. The second-order valence-electron chi connectivity index (χ2n) is 6.65. The van der Waals surface area contributed by atoms with E-state index >= 15 is 0 Å². The van der Waals surface area contributed by atoms with Crippen LogP contribution >= 0.6 is 0 Å². The van der Waals surface area contributed by atoms with Crippen LogP contribution in [0.4, 0.5) is 0 Å². The lowest BCUT2D eigenvalue weighted by Crippen LogP contribution is -2.46. The van der Waals surface area contributed by atoms with Crippen LogP contribution in [-0.2, 0) is 6.42 Å². The van der Waals surface area contributed by atoms with E-state index in [0.29, 0.717) is 6.04 Å². The zero-order valence-electron chi connectivity index (χ0n) is 12.3. The fourth-order valence-corrected chi connectivity index (χ4v) is 4.33. The Bertz CT molecular complexity index is 613. The minimum atomic E-state index is 0.654. The normalized spacial score (nSPS) is 28.6. The van der Waals surface area contributed by atoms with Crippen LogP contribution in [0.5, 0.6) is 0 Å². The molecule has 0 spiro atoms. The Morgan fingerprint density at radius 2 is 2.25 bits per heavy atom. The number of nitrogens with one attached hydrogen (secondary N) is 2. The fraction of sp³-hybridized carbons (Fsp3) is 0.556. The van der Waals surface area contributed by atoms with Crippen molar-refractivity contribution < 1.29 is 0 Å². The van der Waals surface area contributed by atoms with Crippen molar-refractivity contribution in [3.63, 3.8) is 0 Å². The molecular weight excluding hydrogens is 244 g/mol. The van der Waals surface area contributed by atoms with Crippen molar-refractivity contribution in [2.75, 3.05) is 6.54 Å². The topological polar surface area (TPSA) is 27.8 Å². The Balaban J connectivity index is 1.68. The highest BCUT2D eigenvalue weighted by Crippen LogP contribution is 2.42. The molecule has 2 nitrogen and oxygen atoms in total. The number of hydrogen-bond donors (Lipinski definition) is 2. The van der Waals surface area contributed by atoms with Crippen LogP contribution in [0, 0.1) is 5.92 Å². The summed E-state index contributed by atoms with van der Waals surface area (Å²) in [6, 6.07) is 7.45. The highest BCUT2D eigenvalue weighted by atomic mass is 14.9. The summed E-state index contributed by atoms with van der Waals surface area (Å²) in [5, 5.41) is 5.36. The number of piperidine rings is 1. The quantitative estimate of drug-likeness (QED) is 0.866. The van der Waals surface area contributed by atoms with Gasteiger partial charge in [0.05, 0.1) is 0 Å². The third kappa shape index (κ3) is 1.89. The molecule has 4 rings (SSSR count). The first kappa shape index (κ1) is 12.5. The van der Waals surface area contributed by atoms with Crippen LogP contribution in [0.25, 0.3) is 10.9 Å². The van der Waals surface area contributed by atoms with Crippen molar-refractivity contribution in [2.24, 2.45) is 5.92 Å². The number of hydrogen-bond acceptors (Lipinski definition) is 1. The average Bonchev–Trinajstić information content (AvgIpc) is 2.90. The van der Waals surface area contributed by atoms with Crippen LogP contribution in [0.15, 0.2) is 24.4 Å². The Morgan fingerprint density at radius 1 is 1.30 bits per heavy atom. The highest BCUT2D eigenvalue weighted by molar-refractivity contribution is 5.88. The van der Waals surface area contributed by atoms with E-state index < -0.39 is 0 Å². The molecular formula is C18H24N2. The van der Waals surface area contributed by atoms with Gasteiger partial charge in [-0.25, -0.2) is 0 Å². The first-order valence-electron chi connectivity index (χ1n) is 8.19. The average molecular weight is 268 g/mol. The zero-order valence-corrected chi connectivity index (χ0v) is 12.3. The van der Waals surface area contributed by atoms with E-state index in [4.69, 9.17) is 0 Å². The summed E-state index contributed by atoms with van der Waals surface area (Å²) in [5.41, 5.74) is 4.42. The molecule has 1 aliphatic heterocycles. The monoisotopic (exact) mass is 268 g/mol. The molecule has 0 radical (unpaired) electrons. The van der Waals surface area contributed by atoms with E-state index in [1.54, 1.807) is 5.56 Å². The van der Waals surface area contributed by atoms with Gasteiger partial charge in [-0.15, -0.1) is 0 Å². The lowest BCUT2D eigenvalue weighted by Gasteiger charge is -2.40. The van der Waals surface area contributed by atoms with Crippen LogP contribution in [0.2, 0.25) is 0 Å². The lowest BCUT2D eigenvalue weighted by molar-refractivity contribution is 0.255. The van der Waals surface area contributed by atoms with Crippen molar-refractivity contribution in [2.45, 2.75) is 51.0 Å². The Morgan fingerprint density at radius 3 is 3.15 bits per heavy atom. The summed E-state index contributed by atoms with van der Waals surface area (Å²) in [6.45, 7) is 3.52. The number of aromatic nitrogens is 1. The maximum atomic E-state index is 3.84. The minimum absolute atomic E-state index is 0.654. The van der Waals surface area contributed by atoms with Crippen molar-refractivity contribution in [3.05, 3.63) is 35.5 Å². The van der Waals surface area contributed by atoms with Gasteiger partial charge in [0.15, 0.2) is 0 Å². The summed E-state index contributed by atoms with van der Waals surface area (Å²) in [5.74, 6) is 1.59. The molecule has 0 saturated carbocycles. The molecule has 1 fully saturated rings. The minimum Gasteiger partial charge on any atom is -0.361 e. The number of aromatic amines is 1. The highest BCUT2D eigenvalue weighted by Gasteiger charge is 2.35. The molecule has 2 N–H and O–H groups in total. The van der Waals surface area contributed by atoms with Gasteiger partial charge in [-0.2, -0.15) is 0 Å². The summed E-state index contributed by atoms with van der Waals surface area (Å²) in [7, 11) is 0. The van der Waals surface area contributed by atoms with Gasteiger partial charge in [-0.05, 0) is 48.9 Å². The molecule has 106 valence electrons. The molecule has 0 bridgehead atoms. The second kappa shape index (κ2) is 4.92. The Kier molecular flexibility index (Phi) is 3.07. The maximum absolute atomic E-state index is 3.84. The molecule has 2 aliphatic rings. The van der Waals surface area contributed by atoms with Crippen molar-refractivity contribution in [1.82, 2.24) is 10.3 Å². The third-order valence-electron chi connectivity index (χ3n) is 5.37. The van der Waals surface area contributed by atoms with Gasteiger partial charge in [0, 0.05) is 29.1 Å². The summed E-state index contributed by atoms with van der Waals surface area (Å²) in [6.07, 6.45) is 8.88. The number of fused-ring (bicyclic) bond motifs is 2. The molecule has 0 amide bonds. The molecule has 2 heterocycles. The van der Waals surface area contributed by atoms with Crippen LogP contribution < -0.4 is 5.32 Å². The largest absolute Gasteiger partial charge is 0.361 e. The molecule has 1 unspecified atom stereocenters. The van der Waals surface area contributed by atoms with Gasteiger partial charge in [-0.1, -0.05) is 31.9 Å². The van der Waals surface area contributed by atoms with Gasteiger partial charge in [0.25, 0.3) is 0 Å². The van der Waals surface area contributed by atoms with Crippen molar-refractivity contribution >= 4 is 10.9 Å². The number of H-pyrrole nitrogens is 1. The van der Waals surface area contributed by atoms with Crippen LogP contribution in [0.1, 0.15) is 49.7 Å². The number of unbranched alkanes of at least 4 members (excludes halogenated alkanes) is 1. The number of rotatable bonds is 3. The van der Waals surface area contributed by atoms with E-state index in [2.05, 4.69) is 41.6 Å². The Hall–Kier alpha value is -1.28. The summed E-state index contributed by atoms with van der Waals surface area (Å²) in [4.78, 5) is 3.45. The van der Waals surface area contributed by atoms with Crippen molar-refractivity contribution in [1.29, 1.82) is 0 Å². The van der Waals surface area contributed by atoms with Gasteiger partial charge in [-0.3, -0.25) is 0 Å². The van der Waals surface area contributed by atoms with Gasteiger partial charge >= 0.3 is 0 Å². The molecule has 1 aromatic heterocycles. The molecule has 2 heteroatoms. The zero-order chi connectivity index (χ0) is 13.5. The molecule has 2 aromatic rings. The first-order valence-corrected chi connectivity index (χ1v) is 8.19. The molecule has 1 aromatic carbocycles. The second-order valence-corrected chi connectivity index (χ2v) is 6.65. The standard InChI is InChI=1S/C18H24N2/c1-2-3-5-12-8-15-14-6-4-7-16-18(14)13(11-20-16)9-17(15)19-10-12/h4,6-7,11-12,15,17,19-20H,2-3,5,8-10H2,1H3/t12?,15-,17-/m1/s1. The summed E-state index contributed by atoms with van der Waals surface area (Å²) < 4.78 is 0. The molecule has 3 atom stereocenters. The molecule has 1 aliphatic carbocycles. The fourth-order valence-electron chi connectivity index (χ4n) is 4.33.